The number of halogens is 2. The first-order chi connectivity index (χ1) is 8.09. The third kappa shape index (κ3) is 5.32. The van der Waals surface area contributed by atoms with E-state index < -0.39 is 37.2 Å². The van der Waals surface area contributed by atoms with Crippen molar-refractivity contribution in [3.8, 4) is 0 Å². The number of sulfonamides is 1. The molecule has 0 aliphatic heterocycles. The molecule has 1 aromatic carbocycles. The molecule has 0 aliphatic rings. The van der Waals surface area contributed by atoms with Crippen LogP contribution < -0.4 is 4.72 Å². The van der Waals surface area contributed by atoms with Crippen molar-refractivity contribution in [2.24, 2.45) is 0 Å². The van der Waals surface area contributed by atoms with Gasteiger partial charge in [0.15, 0.2) is 0 Å². The maximum atomic E-state index is 13.4. The summed E-state index contributed by atoms with van der Waals surface area (Å²) in [6.07, 6.45) is 0.933. The highest BCUT2D eigenvalue weighted by Crippen LogP contribution is 2.20. The normalized spacial score (nSPS) is 12.4. The van der Waals surface area contributed by atoms with E-state index in [4.69, 9.17) is 0 Å². The minimum absolute atomic E-state index is 0.216. The van der Waals surface area contributed by atoms with Crippen LogP contribution in [-0.4, -0.2) is 34.6 Å². The first-order valence-corrected chi connectivity index (χ1v) is 9.23. The first-order valence-electron chi connectivity index (χ1n) is 4.72. The lowest BCUT2D eigenvalue weighted by atomic mass is 10.3. The van der Waals surface area contributed by atoms with Crippen LogP contribution in [0, 0.1) is 5.82 Å². The Morgan fingerprint density at radius 2 is 1.83 bits per heavy atom. The van der Waals surface area contributed by atoms with Gasteiger partial charge in [-0.25, -0.2) is 21.2 Å². The fourth-order valence-corrected chi connectivity index (χ4v) is 4.08. The number of sulfone groups is 1. The zero-order chi connectivity index (χ0) is 14.0. The molecule has 0 heterocycles. The van der Waals surface area contributed by atoms with Gasteiger partial charge in [-0.15, -0.1) is 0 Å². The van der Waals surface area contributed by atoms with Crippen LogP contribution in [0.2, 0.25) is 0 Å². The van der Waals surface area contributed by atoms with E-state index in [0.29, 0.717) is 4.47 Å². The summed E-state index contributed by atoms with van der Waals surface area (Å²) in [5.74, 6) is -1.87. The summed E-state index contributed by atoms with van der Waals surface area (Å²) in [7, 11) is -7.27. The summed E-state index contributed by atoms with van der Waals surface area (Å²) in [6, 6.07) is 3.82. The molecule has 9 heteroatoms. The van der Waals surface area contributed by atoms with E-state index in [1.807, 2.05) is 4.72 Å². The lowest BCUT2D eigenvalue weighted by Crippen LogP contribution is -2.22. The molecule has 18 heavy (non-hydrogen) atoms. The quantitative estimate of drug-likeness (QED) is 0.860. The van der Waals surface area contributed by atoms with Crippen LogP contribution in [0.15, 0.2) is 22.7 Å². The van der Waals surface area contributed by atoms with Gasteiger partial charge in [-0.05, 0) is 18.2 Å². The molecule has 1 N–H and O–H groups in total. The van der Waals surface area contributed by atoms with Crippen LogP contribution in [0.1, 0.15) is 0 Å². The summed E-state index contributed by atoms with van der Waals surface area (Å²) in [6.45, 7) is 0. The van der Waals surface area contributed by atoms with Crippen molar-refractivity contribution in [2.45, 2.75) is 0 Å². The van der Waals surface area contributed by atoms with Crippen molar-refractivity contribution in [3.63, 3.8) is 0 Å². The number of hydrogen-bond donors (Lipinski definition) is 1. The Labute approximate surface area is 113 Å². The van der Waals surface area contributed by atoms with Crippen LogP contribution in [0.3, 0.4) is 0 Å². The van der Waals surface area contributed by atoms with Crippen molar-refractivity contribution in [3.05, 3.63) is 28.5 Å². The molecular formula is C9H11BrFNO4S2. The van der Waals surface area contributed by atoms with Gasteiger partial charge in [-0.3, -0.25) is 4.72 Å². The van der Waals surface area contributed by atoms with E-state index in [1.54, 1.807) is 0 Å². The standard InChI is InChI=1S/C9H11BrFNO4S2/c1-17(13,14)4-5-18(15,16)12-9-3-2-7(10)6-8(9)11/h2-3,6,12H,4-5H2,1H3. The monoisotopic (exact) mass is 359 g/mol. The number of anilines is 1. The van der Waals surface area contributed by atoms with E-state index in [0.717, 1.165) is 12.3 Å². The van der Waals surface area contributed by atoms with E-state index in [1.165, 1.54) is 12.1 Å². The number of rotatable bonds is 5. The molecule has 1 aromatic rings. The first kappa shape index (κ1) is 15.4. The molecule has 0 radical (unpaired) electrons. The second-order valence-electron chi connectivity index (χ2n) is 3.67. The molecule has 1 rings (SSSR count). The fourth-order valence-electron chi connectivity index (χ4n) is 1.05. The third-order valence-electron chi connectivity index (χ3n) is 1.92. The van der Waals surface area contributed by atoms with E-state index in [2.05, 4.69) is 15.9 Å². The van der Waals surface area contributed by atoms with Crippen molar-refractivity contribution in [1.82, 2.24) is 0 Å². The molecule has 5 nitrogen and oxygen atoms in total. The zero-order valence-electron chi connectivity index (χ0n) is 9.35. The van der Waals surface area contributed by atoms with Gasteiger partial charge in [0.1, 0.15) is 15.7 Å². The molecule has 0 aromatic heterocycles. The smallest absolute Gasteiger partial charge is 0.233 e. The van der Waals surface area contributed by atoms with Gasteiger partial charge < -0.3 is 0 Å². The van der Waals surface area contributed by atoms with Crippen LogP contribution in [-0.2, 0) is 19.9 Å². The van der Waals surface area contributed by atoms with Crippen LogP contribution >= 0.6 is 15.9 Å². The SMILES string of the molecule is CS(=O)(=O)CCS(=O)(=O)Nc1ccc(Br)cc1F. The molecule has 0 unspecified atom stereocenters. The van der Waals surface area contributed by atoms with Crippen molar-refractivity contribution >= 4 is 41.5 Å². The summed E-state index contributed by atoms with van der Waals surface area (Å²) in [5, 5.41) is 0. The average molecular weight is 360 g/mol. The average Bonchev–Trinajstić information content (AvgIpc) is 2.19. The maximum absolute atomic E-state index is 13.4. The van der Waals surface area contributed by atoms with Crippen molar-refractivity contribution in [1.29, 1.82) is 0 Å². The zero-order valence-corrected chi connectivity index (χ0v) is 12.6. The number of hydrogen-bond acceptors (Lipinski definition) is 4. The summed E-state index contributed by atoms with van der Waals surface area (Å²) in [5.41, 5.74) is -0.216. The topological polar surface area (TPSA) is 80.3 Å². The summed E-state index contributed by atoms with van der Waals surface area (Å²) >= 11 is 3.04. The Morgan fingerprint density at radius 1 is 1.22 bits per heavy atom. The second-order valence-corrected chi connectivity index (χ2v) is 8.69. The Morgan fingerprint density at radius 3 is 2.33 bits per heavy atom. The van der Waals surface area contributed by atoms with Gasteiger partial charge in [0.05, 0.1) is 17.2 Å². The minimum atomic E-state index is -3.89. The van der Waals surface area contributed by atoms with Gasteiger partial charge in [0.25, 0.3) is 0 Å². The molecule has 0 saturated carbocycles. The van der Waals surface area contributed by atoms with Crippen molar-refractivity contribution < 1.29 is 21.2 Å². The molecule has 0 saturated heterocycles. The molecule has 0 fully saturated rings. The lowest BCUT2D eigenvalue weighted by Gasteiger charge is -2.08. The number of nitrogens with one attached hydrogen (secondary N) is 1. The fraction of sp³-hybridized carbons (Fsp3) is 0.333. The molecule has 102 valence electrons. The maximum Gasteiger partial charge on any atom is 0.233 e. The largest absolute Gasteiger partial charge is 0.281 e. The Balaban J connectivity index is 2.83. The molecule has 0 bridgehead atoms. The molecule has 0 aliphatic carbocycles. The van der Waals surface area contributed by atoms with Gasteiger partial charge >= 0.3 is 0 Å². The Kier molecular flexibility index (Phi) is 4.73. The van der Waals surface area contributed by atoms with Crippen LogP contribution in [0.4, 0.5) is 10.1 Å². The predicted molar refractivity (Wildman–Crippen MR) is 71.2 cm³/mol. The van der Waals surface area contributed by atoms with Gasteiger partial charge in [0, 0.05) is 10.7 Å². The van der Waals surface area contributed by atoms with Gasteiger partial charge in [0.2, 0.25) is 10.0 Å². The second kappa shape index (κ2) is 5.54. The van der Waals surface area contributed by atoms with E-state index in [9.17, 15) is 21.2 Å². The van der Waals surface area contributed by atoms with Crippen LogP contribution in [0.25, 0.3) is 0 Å². The predicted octanol–water partition coefficient (Wildman–Crippen LogP) is 1.37. The summed E-state index contributed by atoms with van der Waals surface area (Å²) in [4.78, 5) is 0. The van der Waals surface area contributed by atoms with Gasteiger partial charge in [-0.2, -0.15) is 0 Å². The highest BCUT2D eigenvalue weighted by atomic mass is 79.9. The molecule has 0 amide bonds. The number of benzene rings is 1. The Bertz CT molecular complexity index is 643. The Hall–Kier alpha value is -0.670. The van der Waals surface area contributed by atoms with E-state index in [-0.39, 0.29) is 5.69 Å². The third-order valence-corrected chi connectivity index (χ3v) is 4.89. The molecular weight excluding hydrogens is 349 g/mol. The minimum Gasteiger partial charge on any atom is -0.281 e. The van der Waals surface area contributed by atoms with Crippen molar-refractivity contribution in [2.75, 3.05) is 22.5 Å². The van der Waals surface area contributed by atoms with Crippen LogP contribution in [0.5, 0.6) is 0 Å². The summed E-state index contributed by atoms with van der Waals surface area (Å²) < 4.78 is 60.6. The highest BCUT2D eigenvalue weighted by molar-refractivity contribution is 9.10. The molecule has 0 spiro atoms. The van der Waals surface area contributed by atoms with E-state index >= 15 is 0 Å². The highest BCUT2D eigenvalue weighted by Gasteiger charge is 2.16. The van der Waals surface area contributed by atoms with Gasteiger partial charge in [-0.1, -0.05) is 15.9 Å². The molecule has 0 atom stereocenters. The lowest BCUT2D eigenvalue weighted by molar-refractivity contribution is 0.592.